The maximum atomic E-state index is 9.83. The van der Waals surface area contributed by atoms with Gasteiger partial charge in [-0.3, -0.25) is 0 Å². The lowest BCUT2D eigenvalue weighted by atomic mass is 10.0. The Hall–Kier alpha value is -1.79. The fourth-order valence-corrected chi connectivity index (χ4v) is 1.94. The third kappa shape index (κ3) is 3.12. The first-order valence-corrected chi connectivity index (χ1v) is 6.11. The molecule has 0 heterocycles. The van der Waals surface area contributed by atoms with E-state index in [0.717, 1.165) is 11.3 Å². The summed E-state index contributed by atoms with van der Waals surface area (Å²) in [5.41, 5.74) is 2.34. The Kier molecular flexibility index (Phi) is 4.94. The highest BCUT2D eigenvalue weighted by Crippen LogP contribution is 2.29. The Labute approximate surface area is 109 Å². The molecule has 0 aliphatic rings. The van der Waals surface area contributed by atoms with Crippen LogP contribution in [0.15, 0.2) is 30.9 Å². The summed E-state index contributed by atoms with van der Waals surface area (Å²) in [5.74, 6) is 0. The normalized spacial score (nSPS) is 12.0. The second-order valence-corrected chi connectivity index (χ2v) is 4.60. The van der Waals surface area contributed by atoms with E-state index < -0.39 is 6.10 Å². The Morgan fingerprint density at radius 3 is 2.56 bits per heavy atom. The second kappa shape index (κ2) is 6.23. The maximum Gasteiger partial charge on any atom is 0.0992 e. The van der Waals surface area contributed by atoms with Gasteiger partial charge in [-0.25, -0.2) is 0 Å². The fraction of sp³-hybridized carbons (Fsp3) is 0.400. The average Bonchev–Trinajstić information content (AvgIpc) is 2.34. The molecule has 0 amide bonds. The van der Waals surface area contributed by atoms with E-state index in [1.54, 1.807) is 13.0 Å². The number of hydrogen-bond donors (Lipinski definition) is 1. The number of nitriles is 1. The van der Waals surface area contributed by atoms with E-state index in [0.29, 0.717) is 12.1 Å². The standard InChI is InChI=1S/C15H20N2O/c1-5-8-17(11(2)3)15-9-13(10-16)6-7-14(15)12(4)18/h5-7,9,11-12,18H,1,8H2,2-4H3/t12-/m0/s1. The molecule has 3 nitrogen and oxygen atoms in total. The summed E-state index contributed by atoms with van der Waals surface area (Å²) >= 11 is 0. The highest BCUT2D eigenvalue weighted by molar-refractivity contribution is 5.59. The number of aliphatic hydroxyl groups excluding tert-OH is 1. The lowest BCUT2D eigenvalue weighted by molar-refractivity contribution is 0.199. The topological polar surface area (TPSA) is 47.3 Å². The Morgan fingerprint density at radius 2 is 2.11 bits per heavy atom. The smallest absolute Gasteiger partial charge is 0.0992 e. The molecule has 3 heteroatoms. The van der Waals surface area contributed by atoms with E-state index in [1.807, 2.05) is 18.2 Å². The molecule has 1 N–H and O–H groups in total. The maximum absolute atomic E-state index is 9.83. The van der Waals surface area contributed by atoms with Crippen molar-refractivity contribution < 1.29 is 5.11 Å². The minimum atomic E-state index is -0.557. The Balaban J connectivity index is 3.32. The number of benzene rings is 1. The van der Waals surface area contributed by atoms with E-state index in [4.69, 9.17) is 5.26 Å². The first-order chi connectivity index (χ1) is 8.51. The van der Waals surface area contributed by atoms with Gasteiger partial charge in [-0.2, -0.15) is 5.26 Å². The number of rotatable bonds is 5. The summed E-state index contributed by atoms with van der Waals surface area (Å²) in [7, 11) is 0. The van der Waals surface area contributed by atoms with E-state index in [-0.39, 0.29) is 6.04 Å². The first kappa shape index (κ1) is 14.3. The van der Waals surface area contributed by atoms with Crippen LogP contribution >= 0.6 is 0 Å². The van der Waals surface area contributed by atoms with Crippen LogP contribution < -0.4 is 4.90 Å². The van der Waals surface area contributed by atoms with E-state index in [2.05, 4.69) is 31.4 Å². The molecule has 0 fully saturated rings. The highest BCUT2D eigenvalue weighted by Gasteiger charge is 2.16. The van der Waals surface area contributed by atoms with Crippen LogP contribution in [0.25, 0.3) is 0 Å². The molecule has 0 spiro atoms. The van der Waals surface area contributed by atoms with E-state index >= 15 is 0 Å². The molecule has 1 rings (SSSR count). The van der Waals surface area contributed by atoms with E-state index in [1.165, 1.54) is 0 Å². The molecule has 0 saturated carbocycles. The molecule has 0 unspecified atom stereocenters. The molecule has 0 saturated heterocycles. The van der Waals surface area contributed by atoms with Gasteiger partial charge in [0, 0.05) is 23.8 Å². The van der Waals surface area contributed by atoms with Gasteiger partial charge in [0.15, 0.2) is 0 Å². The van der Waals surface area contributed by atoms with Gasteiger partial charge in [-0.15, -0.1) is 6.58 Å². The predicted molar refractivity (Wildman–Crippen MR) is 74.5 cm³/mol. The molecule has 96 valence electrons. The van der Waals surface area contributed by atoms with Crippen LogP contribution in [0, 0.1) is 11.3 Å². The van der Waals surface area contributed by atoms with E-state index in [9.17, 15) is 5.11 Å². The van der Waals surface area contributed by atoms with Crippen LogP contribution in [0.1, 0.15) is 38.0 Å². The van der Waals surface area contributed by atoms with Crippen LogP contribution in [-0.2, 0) is 0 Å². The summed E-state index contributed by atoms with van der Waals surface area (Å²) in [6, 6.07) is 7.78. The monoisotopic (exact) mass is 244 g/mol. The summed E-state index contributed by atoms with van der Waals surface area (Å²) in [6.07, 6.45) is 1.27. The van der Waals surface area contributed by atoms with Crippen LogP contribution in [0.5, 0.6) is 0 Å². The van der Waals surface area contributed by atoms with Crippen LogP contribution in [0.2, 0.25) is 0 Å². The van der Waals surface area contributed by atoms with Crippen molar-refractivity contribution in [2.24, 2.45) is 0 Å². The molecular weight excluding hydrogens is 224 g/mol. The first-order valence-electron chi connectivity index (χ1n) is 6.11. The van der Waals surface area contributed by atoms with Crippen LogP contribution in [0.4, 0.5) is 5.69 Å². The van der Waals surface area contributed by atoms with Crippen molar-refractivity contribution in [3.05, 3.63) is 42.0 Å². The minimum Gasteiger partial charge on any atom is -0.389 e. The molecule has 1 atom stereocenters. The van der Waals surface area contributed by atoms with Crippen molar-refractivity contribution in [1.82, 2.24) is 0 Å². The quantitative estimate of drug-likeness (QED) is 0.810. The van der Waals surface area contributed by atoms with Gasteiger partial charge in [0.2, 0.25) is 0 Å². The molecule has 1 aromatic rings. The molecule has 0 radical (unpaired) electrons. The number of aliphatic hydroxyl groups is 1. The zero-order valence-corrected chi connectivity index (χ0v) is 11.2. The van der Waals surface area contributed by atoms with Gasteiger partial charge in [-0.05, 0) is 32.9 Å². The third-order valence-electron chi connectivity index (χ3n) is 2.87. The summed E-state index contributed by atoms with van der Waals surface area (Å²) < 4.78 is 0. The summed E-state index contributed by atoms with van der Waals surface area (Å²) in [5, 5.41) is 18.8. The van der Waals surface area contributed by atoms with Gasteiger partial charge >= 0.3 is 0 Å². The van der Waals surface area contributed by atoms with Gasteiger partial charge < -0.3 is 10.0 Å². The summed E-state index contributed by atoms with van der Waals surface area (Å²) in [6.45, 7) is 10.3. The zero-order valence-electron chi connectivity index (χ0n) is 11.2. The lowest BCUT2D eigenvalue weighted by Crippen LogP contribution is -2.32. The molecule has 0 aromatic heterocycles. The van der Waals surface area contributed by atoms with Crippen molar-refractivity contribution in [2.45, 2.75) is 32.9 Å². The van der Waals surface area contributed by atoms with Crippen LogP contribution in [0.3, 0.4) is 0 Å². The fourth-order valence-electron chi connectivity index (χ4n) is 1.94. The predicted octanol–water partition coefficient (Wildman–Crippen LogP) is 3.01. The van der Waals surface area contributed by atoms with Crippen molar-refractivity contribution in [3.63, 3.8) is 0 Å². The van der Waals surface area contributed by atoms with Crippen molar-refractivity contribution in [1.29, 1.82) is 5.26 Å². The van der Waals surface area contributed by atoms with Crippen molar-refractivity contribution in [2.75, 3.05) is 11.4 Å². The molecule has 0 aliphatic heterocycles. The number of nitrogens with zero attached hydrogens (tertiary/aromatic N) is 2. The second-order valence-electron chi connectivity index (χ2n) is 4.60. The molecule has 18 heavy (non-hydrogen) atoms. The van der Waals surface area contributed by atoms with Crippen LogP contribution in [-0.4, -0.2) is 17.7 Å². The lowest BCUT2D eigenvalue weighted by Gasteiger charge is -2.30. The minimum absolute atomic E-state index is 0.273. The SMILES string of the molecule is C=CCN(c1cc(C#N)ccc1[C@H](C)O)C(C)C. The Bertz CT molecular complexity index is 458. The number of hydrogen-bond acceptors (Lipinski definition) is 3. The largest absolute Gasteiger partial charge is 0.389 e. The molecular formula is C15H20N2O. The average molecular weight is 244 g/mol. The molecule has 1 aromatic carbocycles. The molecule has 0 aliphatic carbocycles. The van der Waals surface area contributed by atoms with Crippen molar-refractivity contribution in [3.8, 4) is 6.07 Å². The number of anilines is 1. The molecule has 0 bridgehead atoms. The van der Waals surface area contributed by atoms with Gasteiger partial charge in [0.05, 0.1) is 17.7 Å². The third-order valence-corrected chi connectivity index (χ3v) is 2.87. The Morgan fingerprint density at radius 1 is 1.44 bits per heavy atom. The highest BCUT2D eigenvalue weighted by atomic mass is 16.3. The summed E-state index contributed by atoms with van der Waals surface area (Å²) in [4.78, 5) is 2.12. The zero-order chi connectivity index (χ0) is 13.7. The van der Waals surface area contributed by atoms with Crippen molar-refractivity contribution >= 4 is 5.69 Å². The van der Waals surface area contributed by atoms with Gasteiger partial charge in [0.25, 0.3) is 0 Å². The van der Waals surface area contributed by atoms with Gasteiger partial charge in [-0.1, -0.05) is 12.1 Å². The van der Waals surface area contributed by atoms with Gasteiger partial charge in [0.1, 0.15) is 0 Å².